The number of H-pyrrole nitrogens is 1. The lowest BCUT2D eigenvalue weighted by Crippen LogP contribution is -2.25. The van der Waals surface area contributed by atoms with Crippen molar-refractivity contribution in [2.75, 3.05) is 0 Å². The SMILES string of the molecule is NC(=O)c1cnc(CO)[nH]c1=O. The molecule has 0 saturated carbocycles. The summed E-state index contributed by atoms with van der Waals surface area (Å²) in [5, 5.41) is 8.54. The summed E-state index contributed by atoms with van der Waals surface area (Å²) in [5.41, 5.74) is 3.99. The van der Waals surface area contributed by atoms with Crippen LogP contribution >= 0.6 is 0 Å². The van der Waals surface area contributed by atoms with E-state index in [2.05, 4.69) is 9.97 Å². The number of aromatic nitrogens is 2. The third-order valence-corrected chi connectivity index (χ3v) is 1.27. The highest BCUT2D eigenvalue weighted by molar-refractivity contribution is 5.91. The van der Waals surface area contributed by atoms with Gasteiger partial charge in [0.05, 0.1) is 0 Å². The molecule has 0 aliphatic rings. The average Bonchev–Trinajstić information content (AvgIpc) is 2.03. The fourth-order valence-electron chi connectivity index (χ4n) is 0.688. The maximum atomic E-state index is 10.9. The molecule has 64 valence electrons. The number of carbonyl (C=O) groups is 1. The minimum absolute atomic E-state index is 0.102. The van der Waals surface area contributed by atoms with E-state index in [1.807, 2.05) is 0 Å². The van der Waals surface area contributed by atoms with E-state index in [-0.39, 0.29) is 18.0 Å². The van der Waals surface area contributed by atoms with Gasteiger partial charge in [0.25, 0.3) is 11.5 Å². The standard InChI is InChI=1S/C6H7N3O3/c7-5(11)3-1-8-4(2-10)9-6(3)12/h1,10H,2H2,(H2,7,11)(H,8,9,12). The number of nitrogens with two attached hydrogens (primary N) is 1. The molecular weight excluding hydrogens is 162 g/mol. The van der Waals surface area contributed by atoms with Crippen molar-refractivity contribution in [1.29, 1.82) is 0 Å². The quantitative estimate of drug-likeness (QED) is 0.493. The number of aliphatic hydroxyl groups excluding tert-OH is 1. The van der Waals surface area contributed by atoms with Crippen molar-refractivity contribution in [2.45, 2.75) is 6.61 Å². The molecule has 0 atom stereocenters. The van der Waals surface area contributed by atoms with Crippen LogP contribution in [0.3, 0.4) is 0 Å². The Morgan fingerprint density at radius 3 is 2.83 bits per heavy atom. The zero-order valence-corrected chi connectivity index (χ0v) is 6.07. The molecule has 0 fully saturated rings. The number of primary amides is 1. The first kappa shape index (κ1) is 8.41. The topological polar surface area (TPSA) is 109 Å². The van der Waals surface area contributed by atoms with Gasteiger partial charge >= 0.3 is 0 Å². The number of nitrogens with zero attached hydrogens (tertiary/aromatic N) is 1. The first-order valence-electron chi connectivity index (χ1n) is 3.14. The van der Waals surface area contributed by atoms with Gasteiger partial charge in [-0.1, -0.05) is 0 Å². The third kappa shape index (κ3) is 1.48. The maximum Gasteiger partial charge on any atom is 0.263 e. The summed E-state index contributed by atoms with van der Waals surface area (Å²) >= 11 is 0. The van der Waals surface area contributed by atoms with Crippen LogP contribution in [0.4, 0.5) is 0 Å². The summed E-state index contributed by atoms with van der Waals surface area (Å²) in [6.45, 7) is -0.381. The van der Waals surface area contributed by atoms with Crippen LogP contribution in [0, 0.1) is 0 Å². The number of carbonyl (C=O) groups excluding carboxylic acids is 1. The Bertz CT molecular complexity index is 357. The number of hydrogen-bond donors (Lipinski definition) is 3. The number of amides is 1. The van der Waals surface area contributed by atoms with Crippen LogP contribution in [0.25, 0.3) is 0 Å². The van der Waals surface area contributed by atoms with Crippen LogP contribution in [0.15, 0.2) is 11.0 Å². The molecule has 0 bridgehead atoms. The summed E-state index contributed by atoms with van der Waals surface area (Å²) < 4.78 is 0. The van der Waals surface area contributed by atoms with Crippen molar-refractivity contribution in [3.8, 4) is 0 Å². The van der Waals surface area contributed by atoms with Crippen LogP contribution < -0.4 is 11.3 Å². The summed E-state index contributed by atoms with van der Waals surface area (Å²) in [7, 11) is 0. The van der Waals surface area contributed by atoms with Crippen molar-refractivity contribution in [2.24, 2.45) is 5.73 Å². The molecule has 1 rings (SSSR count). The molecule has 0 radical (unpaired) electrons. The summed E-state index contributed by atoms with van der Waals surface area (Å²) in [6.07, 6.45) is 1.03. The number of hydrogen-bond acceptors (Lipinski definition) is 4. The molecule has 6 heteroatoms. The fourth-order valence-corrected chi connectivity index (χ4v) is 0.688. The fraction of sp³-hybridized carbons (Fsp3) is 0.167. The Morgan fingerprint density at radius 2 is 2.42 bits per heavy atom. The van der Waals surface area contributed by atoms with Gasteiger partial charge in [-0.2, -0.15) is 0 Å². The van der Waals surface area contributed by atoms with Crippen molar-refractivity contribution in [3.05, 3.63) is 27.9 Å². The second-order valence-electron chi connectivity index (χ2n) is 2.10. The highest BCUT2D eigenvalue weighted by atomic mass is 16.3. The molecule has 1 aromatic rings. The summed E-state index contributed by atoms with van der Waals surface area (Å²) in [6, 6.07) is 0. The lowest BCUT2D eigenvalue weighted by Gasteiger charge is -1.95. The molecular formula is C6H7N3O3. The lowest BCUT2D eigenvalue weighted by atomic mass is 10.3. The number of nitrogens with one attached hydrogen (secondary N) is 1. The van der Waals surface area contributed by atoms with E-state index in [1.165, 1.54) is 0 Å². The van der Waals surface area contributed by atoms with Gasteiger partial charge in [0.2, 0.25) is 0 Å². The minimum atomic E-state index is -0.840. The zero-order chi connectivity index (χ0) is 9.14. The van der Waals surface area contributed by atoms with Crippen LogP contribution in [0.5, 0.6) is 0 Å². The van der Waals surface area contributed by atoms with Crippen molar-refractivity contribution < 1.29 is 9.90 Å². The van der Waals surface area contributed by atoms with Crippen molar-refractivity contribution in [3.63, 3.8) is 0 Å². The van der Waals surface area contributed by atoms with Gasteiger partial charge in [-0.05, 0) is 0 Å². The van der Waals surface area contributed by atoms with E-state index >= 15 is 0 Å². The van der Waals surface area contributed by atoms with Crippen molar-refractivity contribution in [1.82, 2.24) is 9.97 Å². The number of aromatic amines is 1. The monoisotopic (exact) mass is 169 g/mol. The van der Waals surface area contributed by atoms with Crippen molar-refractivity contribution >= 4 is 5.91 Å². The smallest absolute Gasteiger partial charge is 0.263 e. The van der Waals surface area contributed by atoms with Crippen LogP contribution in [0.1, 0.15) is 16.2 Å². The largest absolute Gasteiger partial charge is 0.388 e. The molecule has 1 heterocycles. The van der Waals surface area contributed by atoms with Gasteiger partial charge in [-0.25, -0.2) is 4.98 Å². The second-order valence-corrected chi connectivity index (χ2v) is 2.10. The Labute approximate surface area is 67.1 Å². The maximum absolute atomic E-state index is 10.9. The Hall–Kier alpha value is -1.69. The molecule has 6 nitrogen and oxygen atoms in total. The molecule has 4 N–H and O–H groups in total. The van der Waals surface area contributed by atoms with E-state index in [9.17, 15) is 9.59 Å². The molecule has 0 aliphatic carbocycles. The first-order chi connectivity index (χ1) is 5.65. The average molecular weight is 169 g/mol. The molecule has 0 spiro atoms. The van der Waals surface area contributed by atoms with E-state index in [4.69, 9.17) is 10.8 Å². The van der Waals surface area contributed by atoms with Gasteiger partial charge in [-0.15, -0.1) is 0 Å². The van der Waals surface area contributed by atoms with Gasteiger partial charge < -0.3 is 15.8 Å². The zero-order valence-electron chi connectivity index (χ0n) is 6.07. The summed E-state index contributed by atoms with van der Waals surface area (Å²) in [4.78, 5) is 27.2. The minimum Gasteiger partial charge on any atom is -0.388 e. The normalized spacial score (nSPS) is 9.75. The predicted molar refractivity (Wildman–Crippen MR) is 39.3 cm³/mol. The second kappa shape index (κ2) is 3.14. The Morgan fingerprint density at radius 1 is 1.75 bits per heavy atom. The highest BCUT2D eigenvalue weighted by Gasteiger charge is 2.06. The number of aliphatic hydroxyl groups is 1. The predicted octanol–water partition coefficient (Wildman–Crippen LogP) is -1.64. The van der Waals surface area contributed by atoms with E-state index in [0.29, 0.717) is 0 Å². The number of rotatable bonds is 2. The van der Waals surface area contributed by atoms with Gasteiger partial charge in [0.1, 0.15) is 18.0 Å². The molecule has 1 amide bonds. The summed E-state index contributed by atoms with van der Waals surface area (Å²) in [5.74, 6) is -0.738. The molecule has 0 saturated heterocycles. The van der Waals surface area contributed by atoms with Gasteiger partial charge in [0.15, 0.2) is 0 Å². The highest BCUT2D eigenvalue weighted by Crippen LogP contribution is 1.87. The Kier molecular flexibility index (Phi) is 2.20. The molecule has 0 unspecified atom stereocenters. The lowest BCUT2D eigenvalue weighted by molar-refractivity contribution is 0.0998. The molecule has 1 aromatic heterocycles. The van der Waals surface area contributed by atoms with Crippen LogP contribution in [0.2, 0.25) is 0 Å². The molecule has 0 aromatic carbocycles. The molecule has 0 aliphatic heterocycles. The van der Waals surface area contributed by atoms with E-state index in [0.717, 1.165) is 6.20 Å². The Balaban J connectivity index is 3.21. The molecule has 12 heavy (non-hydrogen) atoms. The third-order valence-electron chi connectivity index (χ3n) is 1.27. The van der Waals surface area contributed by atoms with Gasteiger partial charge in [0, 0.05) is 6.20 Å². The first-order valence-corrected chi connectivity index (χ1v) is 3.14. The van der Waals surface area contributed by atoms with E-state index in [1.54, 1.807) is 0 Å². The van der Waals surface area contributed by atoms with E-state index < -0.39 is 11.5 Å². The van der Waals surface area contributed by atoms with Gasteiger partial charge in [-0.3, -0.25) is 9.59 Å². The van der Waals surface area contributed by atoms with Crippen LogP contribution in [-0.4, -0.2) is 21.0 Å². The van der Waals surface area contributed by atoms with Crippen LogP contribution in [-0.2, 0) is 6.61 Å².